The molecular weight excluding hydrogens is 320 g/mol. The summed E-state index contributed by atoms with van der Waals surface area (Å²) in [4.78, 5) is 12.4. The lowest BCUT2D eigenvalue weighted by Gasteiger charge is -2.11. The van der Waals surface area contributed by atoms with Gasteiger partial charge in [0.25, 0.3) is 0 Å². The van der Waals surface area contributed by atoms with Gasteiger partial charge in [0.05, 0.1) is 17.6 Å². The first kappa shape index (κ1) is 16.5. The third-order valence-corrected chi connectivity index (χ3v) is 3.96. The van der Waals surface area contributed by atoms with Crippen LogP contribution in [-0.2, 0) is 0 Å². The lowest BCUT2D eigenvalue weighted by Crippen LogP contribution is -2.05. The van der Waals surface area contributed by atoms with Crippen molar-refractivity contribution >= 4 is 5.78 Å². The molecule has 0 bridgehead atoms. The first-order valence-corrected chi connectivity index (χ1v) is 7.64. The van der Waals surface area contributed by atoms with Gasteiger partial charge in [-0.15, -0.1) is 0 Å². The standard InChI is InChI=1S/C21H13F2NO/c22-17-11-9-15(10-12-17)19(13-24)14-5-7-16(8-6-14)21(25)18-3-1-2-4-20(18)23/h1-12,19H/t19-/m0/s1. The summed E-state index contributed by atoms with van der Waals surface area (Å²) >= 11 is 0. The van der Waals surface area contributed by atoms with Crippen molar-refractivity contribution in [2.45, 2.75) is 5.92 Å². The first-order valence-electron chi connectivity index (χ1n) is 7.64. The Hall–Kier alpha value is -3.32. The van der Waals surface area contributed by atoms with Crippen LogP contribution in [0.2, 0.25) is 0 Å². The van der Waals surface area contributed by atoms with Crippen LogP contribution in [0.3, 0.4) is 0 Å². The van der Waals surface area contributed by atoms with Crippen molar-refractivity contribution in [2.24, 2.45) is 0 Å². The Morgan fingerprint density at radius 3 is 1.96 bits per heavy atom. The smallest absolute Gasteiger partial charge is 0.195 e. The van der Waals surface area contributed by atoms with Crippen molar-refractivity contribution in [3.8, 4) is 6.07 Å². The van der Waals surface area contributed by atoms with Crippen molar-refractivity contribution in [3.05, 3.63) is 107 Å². The molecule has 0 spiro atoms. The number of hydrogen-bond donors (Lipinski definition) is 0. The normalized spacial score (nSPS) is 11.6. The van der Waals surface area contributed by atoms with Crippen LogP contribution in [0.25, 0.3) is 0 Å². The Morgan fingerprint density at radius 1 is 0.840 bits per heavy atom. The van der Waals surface area contributed by atoms with Crippen LogP contribution < -0.4 is 0 Å². The van der Waals surface area contributed by atoms with Gasteiger partial charge in [-0.25, -0.2) is 8.78 Å². The second-order valence-electron chi connectivity index (χ2n) is 5.54. The predicted molar refractivity (Wildman–Crippen MR) is 90.1 cm³/mol. The van der Waals surface area contributed by atoms with Crippen LogP contribution >= 0.6 is 0 Å². The molecule has 0 heterocycles. The molecule has 0 amide bonds. The topological polar surface area (TPSA) is 40.9 Å². The maximum absolute atomic E-state index is 13.7. The summed E-state index contributed by atoms with van der Waals surface area (Å²) < 4.78 is 26.8. The fourth-order valence-corrected chi connectivity index (χ4v) is 2.62. The lowest BCUT2D eigenvalue weighted by molar-refractivity contribution is 0.103. The van der Waals surface area contributed by atoms with Gasteiger partial charge < -0.3 is 0 Å². The van der Waals surface area contributed by atoms with Gasteiger partial charge in [0, 0.05) is 5.56 Å². The summed E-state index contributed by atoms with van der Waals surface area (Å²) in [6.07, 6.45) is 0. The van der Waals surface area contributed by atoms with Crippen LogP contribution in [0.15, 0.2) is 72.8 Å². The van der Waals surface area contributed by atoms with Crippen molar-refractivity contribution in [2.75, 3.05) is 0 Å². The average Bonchev–Trinajstić information content (AvgIpc) is 2.64. The maximum Gasteiger partial charge on any atom is 0.195 e. The van der Waals surface area contributed by atoms with Crippen LogP contribution in [0, 0.1) is 23.0 Å². The van der Waals surface area contributed by atoms with E-state index in [1.807, 2.05) is 0 Å². The minimum atomic E-state index is -0.571. The second-order valence-corrected chi connectivity index (χ2v) is 5.54. The number of ketones is 1. The van der Waals surface area contributed by atoms with Gasteiger partial charge in [0.2, 0.25) is 0 Å². The zero-order chi connectivity index (χ0) is 17.8. The van der Waals surface area contributed by atoms with Crippen LogP contribution in [0.5, 0.6) is 0 Å². The summed E-state index contributed by atoms with van der Waals surface area (Å²) in [7, 11) is 0. The Morgan fingerprint density at radius 2 is 1.40 bits per heavy atom. The number of carbonyl (C=O) groups is 1. The minimum Gasteiger partial charge on any atom is -0.288 e. The summed E-state index contributed by atoms with van der Waals surface area (Å²) in [5.74, 6) is -1.93. The van der Waals surface area contributed by atoms with Gasteiger partial charge in [-0.2, -0.15) is 5.26 Å². The van der Waals surface area contributed by atoms with Gasteiger partial charge in [-0.1, -0.05) is 48.5 Å². The molecule has 0 aliphatic rings. The fourth-order valence-electron chi connectivity index (χ4n) is 2.62. The highest BCUT2D eigenvalue weighted by Gasteiger charge is 2.16. The van der Waals surface area contributed by atoms with E-state index in [1.54, 1.807) is 42.5 Å². The molecule has 3 rings (SSSR count). The largest absolute Gasteiger partial charge is 0.288 e. The number of carbonyl (C=O) groups excluding carboxylic acids is 1. The van der Waals surface area contributed by atoms with Crippen LogP contribution in [-0.4, -0.2) is 5.78 Å². The first-order chi connectivity index (χ1) is 12.1. The van der Waals surface area contributed by atoms with Crippen molar-refractivity contribution in [1.82, 2.24) is 0 Å². The zero-order valence-corrected chi connectivity index (χ0v) is 13.1. The molecule has 0 unspecified atom stereocenters. The maximum atomic E-state index is 13.7. The highest BCUT2D eigenvalue weighted by Crippen LogP contribution is 2.25. The minimum absolute atomic E-state index is 0.00520. The molecular formula is C21H13F2NO. The molecule has 4 heteroatoms. The fraction of sp³-hybridized carbons (Fsp3) is 0.0476. The van der Waals surface area contributed by atoms with E-state index in [2.05, 4.69) is 6.07 Å². The molecule has 0 aromatic heterocycles. The van der Waals surface area contributed by atoms with E-state index in [0.29, 0.717) is 16.7 Å². The van der Waals surface area contributed by atoms with Gasteiger partial charge >= 0.3 is 0 Å². The number of rotatable bonds is 4. The van der Waals surface area contributed by atoms with E-state index in [1.165, 1.54) is 30.3 Å². The molecule has 0 fully saturated rings. The monoisotopic (exact) mass is 333 g/mol. The number of halogens is 2. The van der Waals surface area contributed by atoms with Gasteiger partial charge in [-0.05, 0) is 35.4 Å². The zero-order valence-electron chi connectivity index (χ0n) is 13.1. The SMILES string of the molecule is N#C[C@H](c1ccc(F)cc1)c1ccc(C(=O)c2ccccc2F)cc1. The molecule has 0 aliphatic heterocycles. The molecule has 3 aromatic carbocycles. The van der Waals surface area contributed by atoms with E-state index in [-0.39, 0.29) is 11.4 Å². The Bertz CT molecular complexity index is 941. The summed E-state index contributed by atoms with van der Waals surface area (Å²) in [5, 5.41) is 9.43. The van der Waals surface area contributed by atoms with Crippen molar-refractivity contribution < 1.29 is 13.6 Å². The molecule has 0 saturated carbocycles. The molecule has 0 saturated heterocycles. The second kappa shape index (κ2) is 7.06. The van der Waals surface area contributed by atoms with Crippen molar-refractivity contribution in [3.63, 3.8) is 0 Å². The molecule has 3 aromatic rings. The number of nitrogens with zero attached hydrogens (tertiary/aromatic N) is 1. The molecule has 122 valence electrons. The highest BCUT2D eigenvalue weighted by molar-refractivity contribution is 6.09. The summed E-state index contributed by atoms with van der Waals surface area (Å²) in [6, 6.07) is 20.1. The van der Waals surface area contributed by atoms with Gasteiger partial charge in [-0.3, -0.25) is 4.79 Å². The Kier molecular flexibility index (Phi) is 4.67. The highest BCUT2D eigenvalue weighted by atomic mass is 19.1. The van der Waals surface area contributed by atoms with Gasteiger partial charge in [0.15, 0.2) is 5.78 Å². The molecule has 2 nitrogen and oxygen atoms in total. The molecule has 0 N–H and O–H groups in total. The van der Waals surface area contributed by atoms with Crippen molar-refractivity contribution in [1.29, 1.82) is 5.26 Å². The number of hydrogen-bond acceptors (Lipinski definition) is 2. The van der Waals surface area contributed by atoms with E-state index >= 15 is 0 Å². The van der Waals surface area contributed by atoms with E-state index in [9.17, 15) is 18.8 Å². The predicted octanol–water partition coefficient (Wildman–Crippen LogP) is 4.85. The third kappa shape index (κ3) is 3.46. The van der Waals surface area contributed by atoms with E-state index in [4.69, 9.17) is 0 Å². The van der Waals surface area contributed by atoms with Crippen LogP contribution in [0.1, 0.15) is 33.0 Å². The van der Waals surface area contributed by atoms with E-state index in [0.717, 1.165) is 0 Å². The molecule has 25 heavy (non-hydrogen) atoms. The summed E-state index contributed by atoms with van der Waals surface area (Å²) in [6.45, 7) is 0. The number of nitriles is 1. The van der Waals surface area contributed by atoms with Gasteiger partial charge in [0.1, 0.15) is 11.6 Å². The third-order valence-electron chi connectivity index (χ3n) is 3.96. The molecule has 0 radical (unpaired) electrons. The quantitative estimate of drug-likeness (QED) is 0.640. The van der Waals surface area contributed by atoms with Crippen LogP contribution in [0.4, 0.5) is 8.78 Å². The molecule has 0 aliphatic carbocycles. The van der Waals surface area contributed by atoms with E-state index < -0.39 is 17.5 Å². The average molecular weight is 333 g/mol. The summed E-state index contributed by atoms with van der Waals surface area (Å²) in [5.41, 5.74) is 1.69. The Balaban J connectivity index is 1.89. The number of benzene rings is 3. The Labute approximate surface area is 144 Å². The molecule has 1 atom stereocenters. The lowest BCUT2D eigenvalue weighted by atomic mass is 9.91.